The number of hydrogen-bond donors (Lipinski definition) is 1. The number of nitrogens with one attached hydrogen (secondary N) is 1. The van der Waals surface area contributed by atoms with Gasteiger partial charge in [0.2, 0.25) is 5.95 Å². The standard InChI is InChI=1S/C10H15N3O/c1-2-4-8-7-9(14)13-6-3-5-11-10(13)12-8/h7H,2-6H2,1H3,(H,11,12). The van der Waals surface area contributed by atoms with Crippen molar-refractivity contribution in [2.75, 3.05) is 11.9 Å². The average Bonchev–Trinajstić information content (AvgIpc) is 2.18. The topological polar surface area (TPSA) is 46.9 Å². The van der Waals surface area contributed by atoms with Crippen LogP contribution in [0, 0.1) is 0 Å². The van der Waals surface area contributed by atoms with Crippen molar-refractivity contribution in [2.45, 2.75) is 32.7 Å². The second-order valence-corrected chi connectivity index (χ2v) is 3.59. The van der Waals surface area contributed by atoms with Crippen LogP contribution < -0.4 is 10.9 Å². The van der Waals surface area contributed by atoms with E-state index in [4.69, 9.17) is 0 Å². The first-order valence-corrected chi connectivity index (χ1v) is 5.16. The van der Waals surface area contributed by atoms with Crippen molar-refractivity contribution in [3.8, 4) is 0 Å². The highest BCUT2D eigenvalue weighted by Gasteiger charge is 2.11. The van der Waals surface area contributed by atoms with Gasteiger partial charge in [0.15, 0.2) is 0 Å². The van der Waals surface area contributed by atoms with E-state index in [1.165, 1.54) is 0 Å². The molecule has 0 aromatic carbocycles. The van der Waals surface area contributed by atoms with E-state index in [1.807, 2.05) is 0 Å². The van der Waals surface area contributed by atoms with Gasteiger partial charge in [0.05, 0.1) is 0 Å². The van der Waals surface area contributed by atoms with Crippen molar-refractivity contribution in [3.63, 3.8) is 0 Å². The van der Waals surface area contributed by atoms with Crippen molar-refractivity contribution in [1.29, 1.82) is 0 Å². The molecule has 0 fully saturated rings. The van der Waals surface area contributed by atoms with E-state index in [2.05, 4.69) is 17.2 Å². The summed E-state index contributed by atoms with van der Waals surface area (Å²) in [5.41, 5.74) is 0.976. The fourth-order valence-corrected chi connectivity index (χ4v) is 1.73. The van der Waals surface area contributed by atoms with Crippen LogP contribution in [0.5, 0.6) is 0 Å². The molecular weight excluding hydrogens is 178 g/mol. The van der Waals surface area contributed by atoms with Gasteiger partial charge >= 0.3 is 0 Å². The van der Waals surface area contributed by atoms with Gasteiger partial charge in [-0.1, -0.05) is 13.3 Å². The quantitative estimate of drug-likeness (QED) is 0.762. The normalized spacial score (nSPS) is 14.6. The summed E-state index contributed by atoms with van der Waals surface area (Å²) >= 11 is 0. The van der Waals surface area contributed by atoms with Gasteiger partial charge in [-0.05, 0) is 12.8 Å². The Bertz CT molecular complexity index is 383. The van der Waals surface area contributed by atoms with Crippen LogP contribution in [0.3, 0.4) is 0 Å². The summed E-state index contributed by atoms with van der Waals surface area (Å²) in [5.74, 6) is 0.743. The number of rotatable bonds is 2. The summed E-state index contributed by atoms with van der Waals surface area (Å²) in [6.07, 6.45) is 2.91. The smallest absolute Gasteiger partial charge is 0.255 e. The molecule has 0 amide bonds. The van der Waals surface area contributed by atoms with E-state index in [-0.39, 0.29) is 5.56 Å². The summed E-state index contributed by atoms with van der Waals surface area (Å²) < 4.78 is 1.71. The second kappa shape index (κ2) is 3.82. The minimum atomic E-state index is 0.0747. The lowest BCUT2D eigenvalue weighted by Gasteiger charge is -2.19. The molecule has 0 saturated heterocycles. The molecule has 1 aliphatic rings. The maximum absolute atomic E-state index is 11.6. The number of hydrogen-bond acceptors (Lipinski definition) is 3. The molecule has 1 aromatic heterocycles. The zero-order valence-corrected chi connectivity index (χ0v) is 8.42. The molecular formula is C10H15N3O. The molecule has 0 radical (unpaired) electrons. The molecule has 1 aromatic rings. The molecule has 2 heterocycles. The monoisotopic (exact) mass is 193 g/mol. The van der Waals surface area contributed by atoms with Crippen LogP contribution in [0.25, 0.3) is 0 Å². The van der Waals surface area contributed by atoms with Crippen LogP contribution in [-0.2, 0) is 13.0 Å². The predicted octanol–water partition coefficient (Wildman–Crippen LogP) is 1.01. The molecule has 0 bridgehead atoms. The number of aromatic nitrogens is 2. The SMILES string of the molecule is CCCc1cc(=O)n2c(n1)NCCC2. The third-order valence-electron chi connectivity index (χ3n) is 2.41. The Balaban J connectivity index is 2.41. The molecule has 4 heteroatoms. The highest BCUT2D eigenvalue weighted by molar-refractivity contribution is 5.29. The van der Waals surface area contributed by atoms with E-state index >= 15 is 0 Å². The van der Waals surface area contributed by atoms with Gasteiger partial charge in [0, 0.05) is 24.8 Å². The number of fused-ring (bicyclic) bond motifs is 1. The zero-order valence-electron chi connectivity index (χ0n) is 8.42. The van der Waals surface area contributed by atoms with Crippen molar-refractivity contribution in [1.82, 2.24) is 9.55 Å². The van der Waals surface area contributed by atoms with Crippen LogP contribution in [-0.4, -0.2) is 16.1 Å². The number of nitrogens with zero attached hydrogens (tertiary/aromatic N) is 2. The first-order valence-electron chi connectivity index (χ1n) is 5.16. The molecule has 0 saturated carbocycles. The van der Waals surface area contributed by atoms with Crippen molar-refractivity contribution >= 4 is 5.95 Å². The molecule has 1 N–H and O–H groups in total. The third kappa shape index (κ3) is 1.64. The number of anilines is 1. The highest BCUT2D eigenvalue weighted by atomic mass is 16.1. The predicted molar refractivity (Wildman–Crippen MR) is 55.6 cm³/mol. The van der Waals surface area contributed by atoms with E-state index in [9.17, 15) is 4.79 Å². The van der Waals surface area contributed by atoms with E-state index in [0.717, 1.165) is 44.0 Å². The van der Waals surface area contributed by atoms with Crippen molar-refractivity contribution < 1.29 is 0 Å². The van der Waals surface area contributed by atoms with Crippen molar-refractivity contribution in [3.05, 3.63) is 22.1 Å². The third-order valence-corrected chi connectivity index (χ3v) is 2.41. The maximum atomic E-state index is 11.6. The largest absolute Gasteiger partial charge is 0.355 e. The van der Waals surface area contributed by atoms with Crippen LogP contribution in [0.15, 0.2) is 10.9 Å². The summed E-state index contributed by atoms with van der Waals surface area (Å²) in [6.45, 7) is 3.80. The Hall–Kier alpha value is -1.32. The molecule has 0 unspecified atom stereocenters. The van der Waals surface area contributed by atoms with Gasteiger partial charge in [0.25, 0.3) is 5.56 Å². The van der Waals surface area contributed by atoms with Gasteiger partial charge in [-0.2, -0.15) is 0 Å². The Morgan fingerprint density at radius 2 is 2.50 bits per heavy atom. The van der Waals surface area contributed by atoms with Crippen LogP contribution in [0.2, 0.25) is 0 Å². The minimum absolute atomic E-state index is 0.0747. The fourth-order valence-electron chi connectivity index (χ4n) is 1.73. The van der Waals surface area contributed by atoms with E-state index in [0.29, 0.717) is 0 Å². The van der Waals surface area contributed by atoms with Crippen molar-refractivity contribution in [2.24, 2.45) is 0 Å². The molecule has 76 valence electrons. The average molecular weight is 193 g/mol. The minimum Gasteiger partial charge on any atom is -0.355 e. The van der Waals surface area contributed by atoms with Gasteiger partial charge < -0.3 is 5.32 Å². The second-order valence-electron chi connectivity index (χ2n) is 3.59. The Morgan fingerprint density at radius 3 is 3.29 bits per heavy atom. The molecule has 1 aliphatic heterocycles. The van der Waals surface area contributed by atoms with Gasteiger partial charge in [-0.15, -0.1) is 0 Å². The Kier molecular flexibility index (Phi) is 2.52. The summed E-state index contributed by atoms with van der Waals surface area (Å²) in [4.78, 5) is 16.1. The van der Waals surface area contributed by atoms with Gasteiger partial charge in [0.1, 0.15) is 0 Å². The van der Waals surface area contributed by atoms with Gasteiger partial charge in [-0.25, -0.2) is 4.98 Å². The Morgan fingerprint density at radius 1 is 1.64 bits per heavy atom. The Labute approximate surface area is 83.0 Å². The van der Waals surface area contributed by atoms with Crippen LogP contribution >= 0.6 is 0 Å². The van der Waals surface area contributed by atoms with E-state index < -0.39 is 0 Å². The zero-order chi connectivity index (χ0) is 9.97. The lowest BCUT2D eigenvalue weighted by Crippen LogP contribution is -2.30. The molecule has 0 atom stereocenters. The lowest BCUT2D eigenvalue weighted by molar-refractivity contribution is 0.591. The molecule has 2 rings (SSSR count). The number of aryl methyl sites for hydroxylation is 1. The summed E-state index contributed by atoms with van der Waals surface area (Å²) in [7, 11) is 0. The molecule has 4 nitrogen and oxygen atoms in total. The van der Waals surface area contributed by atoms with Crippen LogP contribution in [0.4, 0.5) is 5.95 Å². The summed E-state index contributed by atoms with van der Waals surface area (Å²) in [6, 6.07) is 1.65. The molecule has 14 heavy (non-hydrogen) atoms. The first-order chi connectivity index (χ1) is 6.81. The fraction of sp³-hybridized carbons (Fsp3) is 0.600. The van der Waals surface area contributed by atoms with E-state index in [1.54, 1.807) is 10.6 Å². The first kappa shape index (κ1) is 9.24. The molecule has 0 aliphatic carbocycles. The molecule has 0 spiro atoms. The van der Waals surface area contributed by atoms with Gasteiger partial charge in [-0.3, -0.25) is 9.36 Å². The highest BCUT2D eigenvalue weighted by Crippen LogP contribution is 2.09. The van der Waals surface area contributed by atoms with Crippen LogP contribution in [0.1, 0.15) is 25.5 Å². The summed E-state index contributed by atoms with van der Waals surface area (Å²) in [5, 5.41) is 3.15. The maximum Gasteiger partial charge on any atom is 0.255 e. The lowest BCUT2D eigenvalue weighted by atomic mass is 10.2.